The molecule has 0 aliphatic carbocycles. The van der Waals surface area contributed by atoms with Gasteiger partial charge in [0.2, 0.25) is 0 Å². The number of aromatic nitrogens is 1. The van der Waals surface area contributed by atoms with E-state index in [2.05, 4.69) is 37.8 Å². The molecule has 2 nitrogen and oxygen atoms in total. The van der Waals surface area contributed by atoms with Gasteiger partial charge in [0.1, 0.15) is 5.82 Å². The van der Waals surface area contributed by atoms with Crippen molar-refractivity contribution in [2.45, 2.75) is 46.4 Å². The molecule has 0 spiro atoms. The molecule has 0 amide bonds. The number of halogens is 1. The number of aryl methyl sites for hydroxylation is 1. The van der Waals surface area contributed by atoms with Gasteiger partial charge in [-0.05, 0) is 42.7 Å². The van der Waals surface area contributed by atoms with Crippen LogP contribution in [0.1, 0.15) is 44.9 Å². The van der Waals surface area contributed by atoms with E-state index in [0.717, 1.165) is 36.1 Å². The molecule has 19 heavy (non-hydrogen) atoms. The molecule has 0 unspecified atom stereocenters. The zero-order chi connectivity index (χ0) is 14.0. The van der Waals surface area contributed by atoms with Gasteiger partial charge in [-0.3, -0.25) is 0 Å². The Morgan fingerprint density at radius 1 is 1.26 bits per heavy atom. The summed E-state index contributed by atoms with van der Waals surface area (Å²) in [6, 6.07) is 4.22. The lowest BCUT2D eigenvalue weighted by Crippen LogP contribution is -2.38. The van der Waals surface area contributed by atoms with Crippen LogP contribution >= 0.6 is 11.6 Å². The zero-order valence-electron chi connectivity index (χ0n) is 12.5. The Hall–Kier alpha value is -0.760. The maximum atomic E-state index is 5.89. The molecule has 1 aliphatic heterocycles. The first-order valence-electron chi connectivity index (χ1n) is 7.19. The Kier molecular flexibility index (Phi) is 4.39. The third-order valence-corrected chi connectivity index (χ3v) is 4.66. The summed E-state index contributed by atoms with van der Waals surface area (Å²) >= 11 is 5.89. The molecule has 0 radical (unpaired) electrons. The number of anilines is 1. The predicted octanol–water partition coefficient (Wildman–Crippen LogP) is 4.39. The van der Waals surface area contributed by atoms with Crippen LogP contribution < -0.4 is 4.90 Å². The van der Waals surface area contributed by atoms with Crippen LogP contribution in [-0.4, -0.2) is 18.1 Å². The normalized spacial score (nSPS) is 17.8. The van der Waals surface area contributed by atoms with E-state index in [-0.39, 0.29) is 0 Å². The standard InChI is InChI=1S/C16H25ClN2/c1-12-13(11-17)5-6-15(18-12)19-9-7-14(8-10-19)16(2,3)4/h5-6,14H,7-11H2,1-4H3. The first kappa shape index (κ1) is 14.6. The average Bonchev–Trinajstić information content (AvgIpc) is 2.38. The van der Waals surface area contributed by atoms with Crippen LogP contribution in [0.15, 0.2) is 12.1 Å². The highest BCUT2D eigenvalue weighted by Crippen LogP contribution is 2.35. The van der Waals surface area contributed by atoms with Crippen molar-refractivity contribution in [2.24, 2.45) is 11.3 Å². The van der Waals surface area contributed by atoms with Crippen molar-refractivity contribution in [3.63, 3.8) is 0 Å². The van der Waals surface area contributed by atoms with Gasteiger partial charge in [0.25, 0.3) is 0 Å². The molecular formula is C16H25ClN2. The van der Waals surface area contributed by atoms with Crippen LogP contribution in [-0.2, 0) is 5.88 Å². The third kappa shape index (κ3) is 3.42. The monoisotopic (exact) mass is 280 g/mol. The van der Waals surface area contributed by atoms with Gasteiger partial charge in [0.05, 0.1) is 0 Å². The Balaban J connectivity index is 2.04. The predicted molar refractivity (Wildman–Crippen MR) is 82.9 cm³/mol. The van der Waals surface area contributed by atoms with E-state index in [4.69, 9.17) is 16.6 Å². The van der Waals surface area contributed by atoms with Crippen molar-refractivity contribution in [3.8, 4) is 0 Å². The van der Waals surface area contributed by atoms with Gasteiger partial charge in [-0.2, -0.15) is 0 Å². The minimum atomic E-state index is 0.428. The van der Waals surface area contributed by atoms with Gasteiger partial charge in [-0.15, -0.1) is 11.6 Å². The van der Waals surface area contributed by atoms with E-state index >= 15 is 0 Å². The number of hydrogen-bond donors (Lipinski definition) is 0. The van der Waals surface area contributed by atoms with Crippen LogP contribution in [0.2, 0.25) is 0 Å². The number of rotatable bonds is 2. The number of piperidine rings is 1. The van der Waals surface area contributed by atoms with Crippen molar-refractivity contribution in [3.05, 3.63) is 23.4 Å². The molecule has 0 N–H and O–H groups in total. The van der Waals surface area contributed by atoms with Crippen LogP contribution in [0, 0.1) is 18.3 Å². The first-order chi connectivity index (χ1) is 8.91. The van der Waals surface area contributed by atoms with Gasteiger partial charge >= 0.3 is 0 Å². The molecule has 1 fully saturated rings. The van der Waals surface area contributed by atoms with Crippen LogP contribution in [0.3, 0.4) is 0 Å². The first-order valence-corrected chi connectivity index (χ1v) is 7.72. The molecule has 1 aliphatic rings. The number of pyridine rings is 1. The van der Waals surface area contributed by atoms with Gasteiger partial charge < -0.3 is 4.90 Å². The SMILES string of the molecule is Cc1nc(N2CCC(C(C)(C)C)CC2)ccc1CCl. The van der Waals surface area contributed by atoms with E-state index in [9.17, 15) is 0 Å². The maximum Gasteiger partial charge on any atom is 0.128 e. The van der Waals surface area contributed by atoms with Crippen molar-refractivity contribution in [1.29, 1.82) is 0 Å². The van der Waals surface area contributed by atoms with E-state index in [1.165, 1.54) is 12.8 Å². The molecule has 1 aromatic rings. The summed E-state index contributed by atoms with van der Waals surface area (Å²) in [7, 11) is 0. The van der Waals surface area contributed by atoms with E-state index in [0.29, 0.717) is 11.3 Å². The van der Waals surface area contributed by atoms with Crippen LogP contribution in [0.5, 0.6) is 0 Å². The number of nitrogens with zero attached hydrogens (tertiary/aromatic N) is 2. The minimum absolute atomic E-state index is 0.428. The smallest absolute Gasteiger partial charge is 0.128 e. The molecule has 3 heteroatoms. The molecule has 106 valence electrons. The average molecular weight is 281 g/mol. The molecule has 2 heterocycles. The highest BCUT2D eigenvalue weighted by Gasteiger charge is 2.29. The van der Waals surface area contributed by atoms with Crippen LogP contribution in [0.4, 0.5) is 5.82 Å². The summed E-state index contributed by atoms with van der Waals surface area (Å²) in [6.45, 7) is 11.3. The molecule has 0 saturated carbocycles. The second kappa shape index (κ2) is 5.70. The van der Waals surface area contributed by atoms with Gasteiger partial charge in [0.15, 0.2) is 0 Å². The lowest BCUT2D eigenvalue weighted by Gasteiger charge is -2.39. The largest absolute Gasteiger partial charge is 0.357 e. The van der Waals surface area contributed by atoms with E-state index in [1.54, 1.807) is 0 Å². The second-order valence-corrected chi connectivity index (χ2v) is 6.94. The quantitative estimate of drug-likeness (QED) is 0.747. The minimum Gasteiger partial charge on any atom is -0.357 e. The lowest BCUT2D eigenvalue weighted by molar-refractivity contribution is 0.198. The summed E-state index contributed by atoms with van der Waals surface area (Å²) in [6.07, 6.45) is 2.53. The fourth-order valence-corrected chi connectivity index (χ4v) is 3.15. The Labute approximate surface area is 122 Å². The molecule has 2 rings (SSSR count). The summed E-state index contributed by atoms with van der Waals surface area (Å²) in [5, 5.41) is 0. The molecule has 1 saturated heterocycles. The molecule has 1 aromatic heterocycles. The van der Waals surface area contributed by atoms with Gasteiger partial charge in [-0.1, -0.05) is 26.8 Å². The van der Waals surface area contributed by atoms with Crippen molar-refractivity contribution in [2.75, 3.05) is 18.0 Å². The summed E-state index contributed by atoms with van der Waals surface area (Å²) < 4.78 is 0. The van der Waals surface area contributed by atoms with Crippen molar-refractivity contribution in [1.82, 2.24) is 4.98 Å². The summed E-state index contributed by atoms with van der Waals surface area (Å²) in [5.74, 6) is 2.48. The molecule has 0 bridgehead atoms. The topological polar surface area (TPSA) is 16.1 Å². The van der Waals surface area contributed by atoms with Crippen molar-refractivity contribution < 1.29 is 0 Å². The Bertz CT molecular complexity index is 429. The molecular weight excluding hydrogens is 256 g/mol. The Morgan fingerprint density at radius 3 is 2.37 bits per heavy atom. The fourth-order valence-electron chi connectivity index (χ4n) is 2.87. The highest BCUT2D eigenvalue weighted by atomic mass is 35.5. The summed E-state index contributed by atoms with van der Waals surface area (Å²) in [5.41, 5.74) is 2.62. The van der Waals surface area contributed by atoms with Gasteiger partial charge in [0, 0.05) is 24.7 Å². The molecule has 0 aromatic carbocycles. The second-order valence-electron chi connectivity index (χ2n) is 6.67. The third-order valence-electron chi connectivity index (χ3n) is 4.37. The number of hydrogen-bond acceptors (Lipinski definition) is 2. The van der Waals surface area contributed by atoms with E-state index < -0.39 is 0 Å². The maximum absolute atomic E-state index is 5.89. The molecule has 0 atom stereocenters. The highest BCUT2D eigenvalue weighted by molar-refractivity contribution is 6.17. The summed E-state index contributed by atoms with van der Waals surface area (Å²) in [4.78, 5) is 7.11. The fraction of sp³-hybridized carbons (Fsp3) is 0.688. The number of alkyl halides is 1. The van der Waals surface area contributed by atoms with E-state index in [1.807, 2.05) is 6.92 Å². The lowest BCUT2D eigenvalue weighted by atomic mass is 9.75. The van der Waals surface area contributed by atoms with Gasteiger partial charge in [-0.25, -0.2) is 4.98 Å². The zero-order valence-corrected chi connectivity index (χ0v) is 13.3. The van der Waals surface area contributed by atoms with Crippen molar-refractivity contribution >= 4 is 17.4 Å². The van der Waals surface area contributed by atoms with Crippen LogP contribution in [0.25, 0.3) is 0 Å². The Morgan fingerprint density at radius 2 is 1.89 bits per heavy atom.